The van der Waals surface area contributed by atoms with E-state index < -0.39 is 18.2 Å². The summed E-state index contributed by atoms with van der Waals surface area (Å²) in [4.78, 5) is 49.0. The lowest BCUT2D eigenvalue weighted by Gasteiger charge is -2.35. The van der Waals surface area contributed by atoms with E-state index in [0.717, 1.165) is 27.3 Å². The second-order valence-corrected chi connectivity index (χ2v) is 12.0. The third-order valence-electron chi connectivity index (χ3n) is 7.69. The van der Waals surface area contributed by atoms with E-state index in [-0.39, 0.29) is 49.4 Å². The monoisotopic (exact) mass is 565 g/mol. The number of Topliss-reactive ketones (excluding diaryl/α,β-unsaturated/α-hetero) is 1. The summed E-state index contributed by atoms with van der Waals surface area (Å²) < 4.78 is 0. The van der Waals surface area contributed by atoms with Crippen LogP contribution >= 0.6 is 22.9 Å². The summed E-state index contributed by atoms with van der Waals surface area (Å²) in [5.41, 5.74) is 6.18. The van der Waals surface area contributed by atoms with Crippen LogP contribution in [-0.4, -0.2) is 62.2 Å². The molecule has 2 aliphatic rings. The van der Waals surface area contributed by atoms with Crippen LogP contribution in [-0.2, 0) is 22.6 Å². The summed E-state index contributed by atoms with van der Waals surface area (Å²) in [5.74, 6) is -0.851. The number of rotatable bonds is 8. The van der Waals surface area contributed by atoms with Crippen molar-refractivity contribution in [1.29, 1.82) is 0 Å². The number of halogens is 1. The van der Waals surface area contributed by atoms with Crippen molar-refractivity contribution >= 4 is 40.5 Å². The molecule has 1 aromatic heterocycles. The van der Waals surface area contributed by atoms with E-state index in [4.69, 9.17) is 11.6 Å². The molecule has 0 spiro atoms. The Balaban J connectivity index is 1.28. The van der Waals surface area contributed by atoms with Gasteiger partial charge < -0.3 is 14.9 Å². The van der Waals surface area contributed by atoms with Gasteiger partial charge in [0.25, 0.3) is 5.91 Å². The van der Waals surface area contributed by atoms with Gasteiger partial charge in [0.05, 0.1) is 38.8 Å². The van der Waals surface area contributed by atoms with Crippen LogP contribution in [0.2, 0.25) is 5.02 Å². The minimum Gasteiger partial charge on any atom is -0.391 e. The molecule has 7 nitrogen and oxygen atoms in total. The lowest BCUT2D eigenvalue weighted by atomic mass is 9.98. The number of aromatic nitrogens is 1. The molecule has 3 heterocycles. The van der Waals surface area contributed by atoms with E-state index in [9.17, 15) is 19.5 Å². The number of nitrogens with zero attached hydrogens (tertiary/aromatic N) is 3. The molecule has 39 heavy (non-hydrogen) atoms. The third kappa shape index (κ3) is 5.38. The molecule has 0 bridgehead atoms. The molecule has 5 rings (SSSR count). The highest BCUT2D eigenvalue weighted by atomic mass is 35.5. The predicted octanol–water partition coefficient (Wildman–Crippen LogP) is 4.92. The van der Waals surface area contributed by atoms with Gasteiger partial charge in [-0.25, -0.2) is 4.98 Å². The lowest BCUT2D eigenvalue weighted by Crippen LogP contribution is -2.54. The SMILES string of the molecule is Cc1ncsc1-c1ccc(CCC(=O)[C@@H]2C[C@@H](O)CN2C(=O)[C@H](C(C)C)N2Cc3cccc(Cl)c3C2=O)cc1. The van der Waals surface area contributed by atoms with Gasteiger partial charge in [-0.05, 0) is 42.0 Å². The number of carbonyl (C=O) groups is 3. The molecule has 1 fully saturated rings. The number of β-amino-alcohol motifs (C(OH)–C–C–N with tert-alkyl or cyclic N) is 1. The molecule has 204 valence electrons. The number of benzene rings is 2. The molecule has 2 aromatic carbocycles. The van der Waals surface area contributed by atoms with Crippen LogP contribution < -0.4 is 0 Å². The fourth-order valence-corrected chi connectivity index (χ4v) is 6.80. The first-order valence-corrected chi connectivity index (χ1v) is 14.5. The zero-order chi connectivity index (χ0) is 27.8. The number of hydrogen-bond donors (Lipinski definition) is 1. The smallest absolute Gasteiger partial charge is 0.256 e. The summed E-state index contributed by atoms with van der Waals surface area (Å²) in [6.45, 7) is 6.13. The number of fused-ring (bicyclic) bond motifs is 1. The molecule has 9 heteroatoms. The average Bonchev–Trinajstić information content (AvgIpc) is 3.60. The maximum atomic E-state index is 13.9. The fourth-order valence-electron chi connectivity index (χ4n) is 5.71. The highest BCUT2D eigenvalue weighted by Gasteiger charge is 2.45. The zero-order valence-electron chi connectivity index (χ0n) is 22.3. The summed E-state index contributed by atoms with van der Waals surface area (Å²) in [6.07, 6.45) is 0.231. The standard InChI is InChI=1S/C30H32ClN3O4S/c1-17(2)27(34-14-21-5-4-6-23(31)26(21)29(34)37)30(38)33-15-22(35)13-24(33)25(36)12-9-19-7-10-20(11-8-19)28-18(3)32-16-39-28/h4-8,10-11,16-17,22,24,27,35H,9,12-15H2,1-3H3/t22-,24+,27+/m1/s1. The molecule has 0 unspecified atom stereocenters. The Morgan fingerprint density at radius 2 is 1.92 bits per heavy atom. The van der Waals surface area contributed by atoms with Crippen LogP contribution in [0.3, 0.4) is 0 Å². The molecule has 1 N–H and O–H groups in total. The lowest BCUT2D eigenvalue weighted by molar-refractivity contribution is -0.142. The van der Waals surface area contributed by atoms with Crippen molar-refractivity contribution in [3.8, 4) is 10.4 Å². The summed E-state index contributed by atoms with van der Waals surface area (Å²) in [5, 5.41) is 10.8. The van der Waals surface area contributed by atoms with Crippen molar-refractivity contribution in [3.63, 3.8) is 0 Å². The van der Waals surface area contributed by atoms with E-state index in [2.05, 4.69) is 4.98 Å². The first-order chi connectivity index (χ1) is 18.7. The van der Waals surface area contributed by atoms with Gasteiger partial charge in [-0.15, -0.1) is 11.3 Å². The van der Waals surface area contributed by atoms with Gasteiger partial charge in [0.1, 0.15) is 6.04 Å². The summed E-state index contributed by atoms with van der Waals surface area (Å²) >= 11 is 7.91. The van der Waals surface area contributed by atoms with Gasteiger partial charge in [-0.2, -0.15) is 0 Å². The van der Waals surface area contributed by atoms with E-state index in [1.807, 2.05) is 56.6 Å². The quantitative estimate of drug-likeness (QED) is 0.419. The van der Waals surface area contributed by atoms with Crippen LogP contribution in [0.15, 0.2) is 48.0 Å². The van der Waals surface area contributed by atoms with Gasteiger partial charge in [0.15, 0.2) is 5.78 Å². The second-order valence-electron chi connectivity index (χ2n) is 10.7. The number of amides is 2. The number of ketones is 1. The average molecular weight is 566 g/mol. The fraction of sp³-hybridized carbons (Fsp3) is 0.400. The van der Waals surface area contributed by atoms with Crippen molar-refractivity contribution in [2.24, 2.45) is 5.92 Å². The van der Waals surface area contributed by atoms with E-state index >= 15 is 0 Å². The van der Waals surface area contributed by atoms with Crippen molar-refractivity contribution < 1.29 is 19.5 Å². The first kappa shape index (κ1) is 27.5. The number of aliphatic hydroxyl groups is 1. The Hall–Kier alpha value is -3.07. The largest absolute Gasteiger partial charge is 0.391 e. The van der Waals surface area contributed by atoms with Gasteiger partial charge >= 0.3 is 0 Å². The zero-order valence-corrected chi connectivity index (χ0v) is 23.8. The molecule has 3 aromatic rings. The molecule has 0 aliphatic carbocycles. The van der Waals surface area contributed by atoms with Crippen molar-refractivity contribution in [2.75, 3.05) is 6.54 Å². The van der Waals surface area contributed by atoms with Crippen LogP contribution in [0.1, 0.15) is 53.9 Å². The maximum Gasteiger partial charge on any atom is 0.256 e. The van der Waals surface area contributed by atoms with Crippen LogP contribution in [0.25, 0.3) is 10.4 Å². The Kier molecular flexibility index (Phi) is 7.89. The Bertz CT molecular complexity index is 1400. The van der Waals surface area contributed by atoms with Crippen LogP contribution in [0, 0.1) is 12.8 Å². The van der Waals surface area contributed by atoms with E-state index in [1.54, 1.807) is 28.4 Å². The van der Waals surface area contributed by atoms with E-state index in [0.29, 0.717) is 17.0 Å². The molecule has 1 saturated heterocycles. The Labute approximate surface area is 237 Å². The van der Waals surface area contributed by atoms with Gasteiger partial charge in [-0.1, -0.05) is 61.8 Å². The number of aryl methyl sites for hydroxylation is 2. The van der Waals surface area contributed by atoms with E-state index in [1.165, 1.54) is 4.90 Å². The number of hydrogen-bond acceptors (Lipinski definition) is 6. The second kappa shape index (κ2) is 11.2. The number of thiazole rings is 1. The molecular formula is C30H32ClN3O4S. The van der Waals surface area contributed by atoms with Gasteiger partial charge in [-0.3, -0.25) is 14.4 Å². The Morgan fingerprint density at radius 3 is 2.56 bits per heavy atom. The molecule has 3 atom stereocenters. The van der Waals surface area contributed by atoms with Gasteiger partial charge in [0, 0.05) is 25.9 Å². The van der Waals surface area contributed by atoms with Crippen LogP contribution in [0.4, 0.5) is 0 Å². The van der Waals surface area contributed by atoms with Crippen molar-refractivity contribution in [2.45, 2.75) is 64.8 Å². The minimum absolute atomic E-state index is 0.0798. The number of aliphatic hydroxyl groups excluding tert-OH is 1. The summed E-state index contributed by atoms with van der Waals surface area (Å²) in [6, 6.07) is 12.0. The van der Waals surface area contributed by atoms with Crippen molar-refractivity contribution in [1.82, 2.24) is 14.8 Å². The summed E-state index contributed by atoms with van der Waals surface area (Å²) in [7, 11) is 0. The number of likely N-dealkylation sites (tertiary alicyclic amines) is 1. The van der Waals surface area contributed by atoms with Gasteiger partial charge in [0.2, 0.25) is 5.91 Å². The third-order valence-corrected chi connectivity index (χ3v) is 8.98. The minimum atomic E-state index is -0.779. The molecule has 2 aliphatic heterocycles. The number of carbonyl (C=O) groups excluding carboxylic acids is 3. The normalized spacial score (nSPS) is 19.6. The molecular weight excluding hydrogens is 534 g/mol. The van der Waals surface area contributed by atoms with Crippen LogP contribution in [0.5, 0.6) is 0 Å². The van der Waals surface area contributed by atoms with Crippen molar-refractivity contribution in [3.05, 3.63) is 75.4 Å². The Morgan fingerprint density at radius 1 is 1.18 bits per heavy atom. The molecule has 0 radical (unpaired) electrons. The molecule has 0 saturated carbocycles. The topological polar surface area (TPSA) is 90.8 Å². The highest BCUT2D eigenvalue weighted by Crippen LogP contribution is 2.34. The first-order valence-electron chi connectivity index (χ1n) is 13.2. The molecule has 2 amide bonds. The highest BCUT2D eigenvalue weighted by molar-refractivity contribution is 7.13. The predicted molar refractivity (Wildman–Crippen MR) is 152 cm³/mol. The maximum absolute atomic E-state index is 13.9.